The first-order valence-corrected chi connectivity index (χ1v) is 8.54. The van der Waals surface area contributed by atoms with Crippen LogP contribution in [0.2, 0.25) is 0 Å². The SMILES string of the molecule is COC(=O)C1(O)C=C(c2cccs2)c2cc(C(C)(C)C)ccc2O1. The van der Waals surface area contributed by atoms with Gasteiger partial charge in [-0.1, -0.05) is 32.9 Å². The van der Waals surface area contributed by atoms with Gasteiger partial charge in [0.15, 0.2) is 0 Å². The highest BCUT2D eigenvalue weighted by atomic mass is 32.1. The Morgan fingerprint density at radius 3 is 2.62 bits per heavy atom. The van der Waals surface area contributed by atoms with Crippen molar-refractivity contribution in [1.82, 2.24) is 0 Å². The van der Waals surface area contributed by atoms with Crippen LogP contribution in [-0.4, -0.2) is 24.0 Å². The third-order valence-corrected chi connectivity index (χ3v) is 4.91. The molecule has 2 aromatic rings. The normalized spacial score (nSPS) is 20.0. The van der Waals surface area contributed by atoms with E-state index in [0.717, 1.165) is 21.6 Å². The molecule has 1 aromatic heterocycles. The minimum absolute atomic E-state index is 0.0221. The predicted molar refractivity (Wildman–Crippen MR) is 94.1 cm³/mol. The van der Waals surface area contributed by atoms with Gasteiger partial charge in [-0.15, -0.1) is 11.3 Å². The topological polar surface area (TPSA) is 55.8 Å². The van der Waals surface area contributed by atoms with Crippen LogP contribution in [0.5, 0.6) is 5.75 Å². The first-order valence-electron chi connectivity index (χ1n) is 7.66. The number of rotatable bonds is 2. The number of aliphatic hydroxyl groups is 1. The van der Waals surface area contributed by atoms with Gasteiger partial charge >= 0.3 is 11.8 Å². The summed E-state index contributed by atoms with van der Waals surface area (Å²) in [5.74, 6) is -2.51. The summed E-state index contributed by atoms with van der Waals surface area (Å²) < 4.78 is 10.3. The zero-order valence-electron chi connectivity index (χ0n) is 14.1. The van der Waals surface area contributed by atoms with Crippen LogP contribution in [0.25, 0.3) is 5.57 Å². The van der Waals surface area contributed by atoms with Crippen LogP contribution in [0.15, 0.2) is 41.8 Å². The summed E-state index contributed by atoms with van der Waals surface area (Å²) >= 11 is 1.54. The zero-order chi connectivity index (χ0) is 17.5. The molecule has 0 amide bonds. The highest BCUT2D eigenvalue weighted by Gasteiger charge is 2.42. The molecule has 24 heavy (non-hydrogen) atoms. The van der Waals surface area contributed by atoms with Crippen molar-refractivity contribution in [3.63, 3.8) is 0 Å². The second-order valence-electron chi connectivity index (χ2n) is 6.79. The van der Waals surface area contributed by atoms with Gasteiger partial charge in [0.1, 0.15) is 5.75 Å². The molecule has 0 fully saturated rings. The molecule has 4 nitrogen and oxygen atoms in total. The number of hydrogen-bond donors (Lipinski definition) is 1. The monoisotopic (exact) mass is 344 g/mol. The van der Waals surface area contributed by atoms with Crippen molar-refractivity contribution < 1.29 is 19.4 Å². The van der Waals surface area contributed by atoms with Crippen molar-refractivity contribution in [3.8, 4) is 5.75 Å². The van der Waals surface area contributed by atoms with Gasteiger partial charge < -0.3 is 14.6 Å². The van der Waals surface area contributed by atoms with E-state index in [2.05, 4.69) is 26.8 Å². The van der Waals surface area contributed by atoms with Gasteiger partial charge in [-0.05, 0) is 34.6 Å². The molecule has 1 N–H and O–H groups in total. The van der Waals surface area contributed by atoms with Gasteiger partial charge in [-0.3, -0.25) is 0 Å². The molecule has 1 aliphatic rings. The molecule has 3 rings (SSSR count). The van der Waals surface area contributed by atoms with E-state index in [-0.39, 0.29) is 5.41 Å². The fourth-order valence-electron chi connectivity index (χ4n) is 2.65. The average Bonchev–Trinajstić information content (AvgIpc) is 3.06. The molecular weight excluding hydrogens is 324 g/mol. The molecular formula is C19H20O4S. The lowest BCUT2D eigenvalue weighted by molar-refractivity contribution is -0.183. The van der Waals surface area contributed by atoms with E-state index in [4.69, 9.17) is 9.47 Å². The third kappa shape index (κ3) is 2.85. The molecule has 1 aromatic carbocycles. The Bertz CT molecular complexity index is 799. The van der Waals surface area contributed by atoms with E-state index < -0.39 is 11.8 Å². The largest absolute Gasteiger partial charge is 0.464 e. The Morgan fingerprint density at radius 2 is 2.04 bits per heavy atom. The molecule has 0 saturated carbocycles. The number of methoxy groups -OCH3 is 1. The van der Waals surface area contributed by atoms with E-state index in [1.54, 1.807) is 6.07 Å². The Labute approximate surface area is 145 Å². The zero-order valence-corrected chi connectivity index (χ0v) is 14.9. The average molecular weight is 344 g/mol. The summed E-state index contributed by atoms with van der Waals surface area (Å²) in [5.41, 5.74) is 2.76. The molecule has 0 aliphatic carbocycles. The van der Waals surface area contributed by atoms with E-state index in [9.17, 15) is 9.90 Å². The Hall–Kier alpha value is -2.11. The summed E-state index contributed by atoms with van der Waals surface area (Å²) in [7, 11) is 1.22. The van der Waals surface area contributed by atoms with E-state index >= 15 is 0 Å². The van der Waals surface area contributed by atoms with Gasteiger partial charge in [0.25, 0.3) is 0 Å². The van der Waals surface area contributed by atoms with Crippen molar-refractivity contribution in [2.75, 3.05) is 7.11 Å². The minimum Gasteiger partial charge on any atom is -0.464 e. The van der Waals surface area contributed by atoms with Crippen LogP contribution in [-0.2, 0) is 14.9 Å². The molecule has 0 spiro atoms. The quantitative estimate of drug-likeness (QED) is 0.844. The Morgan fingerprint density at radius 1 is 1.29 bits per heavy atom. The molecule has 0 saturated heterocycles. The van der Waals surface area contributed by atoms with Crippen molar-refractivity contribution in [2.24, 2.45) is 0 Å². The maximum atomic E-state index is 12.0. The number of hydrogen-bond acceptors (Lipinski definition) is 5. The smallest absolute Gasteiger partial charge is 0.383 e. The Balaban J connectivity index is 2.20. The number of esters is 1. The summed E-state index contributed by atoms with van der Waals surface area (Å²) in [6.45, 7) is 6.41. The van der Waals surface area contributed by atoms with E-state index in [1.807, 2.05) is 23.6 Å². The number of carbonyl (C=O) groups excluding carboxylic acids is 1. The maximum Gasteiger partial charge on any atom is 0.383 e. The molecule has 1 aliphatic heterocycles. The summed E-state index contributed by atoms with van der Waals surface area (Å²) in [4.78, 5) is 13.0. The van der Waals surface area contributed by atoms with Gasteiger partial charge in [-0.25, -0.2) is 4.79 Å². The first kappa shape index (κ1) is 16.7. The van der Waals surface area contributed by atoms with Gasteiger partial charge in [0.2, 0.25) is 0 Å². The minimum atomic E-state index is -2.12. The molecule has 126 valence electrons. The number of thiophene rings is 1. The van der Waals surface area contributed by atoms with Crippen molar-refractivity contribution in [1.29, 1.82) is 0 Å². The molecule has 0 bridgehead atoms. The van der Waals surface area contributed by atoms with Gasteiger partial charge in [0.05, 0.1) is 7.11 Å². The van der Waals surface area contributed by atoms with E-state index in [1.165, 1.54) is 24.5 Å². The highest BCUT2D eigenvalue weighted by molar-refractivity contribution is 7.11. The van der Waals surface area contributed by atoms with E-state index in [0.29, 0.717) is 5.75 Å². The lowest BCUT2D eigenvalue weighted by Gasteiger charge is -2.31. The molecule has 1 unspecified atom stereocenters. The van der Waals surface area contributed by atoms with Gasteiger partial charge in [0, 0.05) is 22.1 Å². The van der Waals surface area contributed by atoms with Crippen molar-refractivity contribution in [2.45, 2.75) is 32.0 Å². The number of carbonyl (C=O) groups is 1. The Kier molecular flexibility index (Phi) is 4.01. The van der Waals surface area contributed by atoms with Crippen molar-refractivity contribution >= 4 is 22.9 Å². The molecule has 0 radical (unpaired) electrons. The standard InChI is InChI=1S/C19H20O4S/c1-18(2,3)12-7-8-15-13(10-12)14(16-6-5-9-24-16)11-19(21,23-15)17(20)22-4/h5-11,21H,1-4H3. The summed E-state index contributed by atoms with van der Waals surface area (Å²) in [6.07, 6.45) is 1.43. The van der Waals surface area contributed by atoms with Crippen LogP contribution in [0, 0.1) is 0 Å². The fourth-order valence-corrected chi connectivity index (χ4v) is 3.41. The van der Waals surface area contributed by atoms with Crippen LogP contribution in [0.1, 0.15) is 36.8 Å². The molecule has 5 heteroatoms. The number of ether oxygens (including phenoxy) is 2. The highest BCUT2D eigenvalue weighted by Crippen LogP contribution is 2.42. The van der Waals surface area contributed by atoms with Crippen LogP contribution >= 0.6 is 11.3 Å². The molecule has 1 atom stereocenters. The predicted octanol–water partition coefficient (Wildman–Crippen LogP) is 3.73. The van der Waals surface area contributed by atoms with Crippen LogP contribution in [0.3, 0.4) is 0 Å². The summed E-state index contributed by atoms with van der Waals surface area (Å²) in [6, 6.07) is 9.68. The van der Waals surface area contributed by atoms with Crippen molar-refractivity contribution in [3.05, 3.63) is 57.8 Å². The number of benzene rings is 1. The molecule has 2 heterocycles. The van der Waals surface area contributed by atoms with Crippen LogP contribution < -0.4 is 4.74 Å². The first-order chi connectivity index (χ1) is 11.2. The second-order valence-corrected chi connectivity index (χ2v) is 7.73. The third-order valence-electron chi connectivity index (χ3n) is 4.01. The lowest BCUT2D eigenvalue weighted by atomic mass is 9.84. The number of fused-ring (bicyclic) bond motifs is 1. The lowest BCUT2D eigenvalue weighted by Crippen LogP contribution is -2.45. The fraction of sp³-hybridized carbons (Fsp3) is 0.316. The van der Waals surface area contributed by atoms with Crippen LogP contribution in [0.4, 0.5) is 0 Å². The summed E-state index contributed by atoms with van der Waals surface area (Å²) in [5, 5.41) is 12.6. The second kappa shape index (κ2) is 5.76. The van der Waals surface area contributed by atoms with Gasteiger partial charge in [-0.2, -0.15) is 0 Å². The maximum absolute atomic E-state index is 12.0.